The molecule has 0 radical (unpaired) electrons. The van der Waals surface area contributed by atoms with Crippen molar-refractivity contribution in [2.24, 2.45) is 0 Å². The van der Waals surface area contributed by atoms with Gasteiger partial charge in [-0.2, -0.15) is 0 Å². The average molecular weight is 213 g/mol. The molecule has 0 atom stereocenters. The second-order valence-corrected chi connectivity index (χ2v) is 3.50. The summed E-state index contributed by atoms with van der Waals surface area (Å²) in [6.07, 6.45) is 1.03. The quantitative estimate of drug-likeness (QED) is 0.656. The van der Waals surface area contributed by atoms with Crippen LogP contribution >= 0.6 is 12.2 Å². The largest absolute Gasteiger partial charge is 0.393 e. The van der Waals surface area contributed by atoms with Gasteiger partial charge in [-0.1, -0.05) is 19.1 Å². The molecule has 1 aromatic heterocycles. The molecule has 5 nitrogen and oxygen atoms in total. The maximum atomic E-state index is 5.79. The van der Waals surface area contributed by atoms with E-state index in [2.05, 4.69) is 16.9 Å². The van der Waals surface area contributed by atoms with Crippen LogP contribution in [0.2, 0.25) is 0 Å². The molecule has 0 spiro atoms. The Bertz CT molecular complexity index is 372. The Morgan fingerprint density at radius 1 is 1.50 bits per heavy atom. The molecular formula is C8H15N5S. The second-order valence-electron chi connectivity index (χ2n) is 3.11. The van der Waals surface area contributed by atoms with Gasteiger partial charge in [0.05, 0.1) is 0 Å². The molecule has 1 heterocycles. The summed E-state index contributed by atoms with van der Waals surface area (Å²) in [6.45, 7) is 2.98. The molecule has 1 rings (SSSR count). The van der Waals surface area contributed by atoms with Gasteiger partial charge < -0.3 is 21.4 Å². The summed E-state index contributed by atoms with van der Waals surface area (Å²) < 4.78 is 0.346. The third-order valence-electron chi connectivity index (χ3n) is 1.89. The average Bonchev–Trinajstić information content (AvgIpc) is 2.11. The monoisotopic (exact) mass is 213 g/mol. The summed E-state index contributed by atoms with van der Waals surface area (Å²) in [4.78, 5) is 8.74. The molecule has 0 saturated carbocycles. The molecule has 5 N–H and O–H groups in total. The van der Waals surface area contributed by atoms with Crippen molar-refractivity contribution in [1.82, 2.24) is 9.97 Å². The van der Waals surface area contributed by atoms with Crippen LogP contribution in [0.15, 0.2) is 0 Å². The van der Waals surface area contributed by atoms with Gasteiger partial charge in [0.25, 0.3) is 0 Å². The first-order chi connectivity index (χ1) is 6.56. The molecule has 0 bridgehead atoms. The standard InChI is InChI=1S/C8H15N5S/c1-3-4-13(2)6-5(9)7(14)12-8(10)11-6/h3-4,9H2,1-2H3,(H3,10,11,12,14). The molecule has 0 aromatic carbocycles. The van der Waals surface area contributed by atoms with Gasteiger partial charge in [0, 0.05) is 13.6 Å². The molecule has 0 aliphatic rings. The molecule has 0 amide bonds. The fourth-order valence-electron chi connectivity index (χ4n) is 1.24. The van der Waals surface area contributed by atoms with E-state index >= 15 is 0 Å². The van der Waals surface area contributed by atoms with Crippen LogP contribution in [0.4, 0.5) is 17.5 Å². The van der Waals surface area contributed by atoms with E-state index in [1.165, 1.54) is 0 Å². The zero-order valence-electron chi connectivity index (χ0n) is 8.37. The predicted molar refractivity (Wildman–Crippen MR) is 61.8 cm³/mol. The predicted octanol–water partition coefficient (Wildman–Crippen LogP) is 1.15. The minimum absolute atomic E-state index is 0.294. The molecule has 14 heavy (non-hydrogen) atoms. The Kier molecular flexibility index (Phi) is 3.29. The van der Waals surface area contributed by atoms with Gasteiger partial charge >= 0.3 is 0 Å². The lowest BCUT2D eigenvalue weighted by Gasteiger charge is -2.19. The van der Waals surface area contributed by atoms with Gasteiger partial charge in [0.1, 0.15) is 11.5 Å². The third kappa shape index (κ3) is 2.14. The normalized spacial score (nSPS) is 10.1. The van der Waals surface area contributed by atoms with E-state index in [4.69, 9.17) is 23.7 Å². The van der Waals surface area contributed by atoms with E-state index in [1.54, 1.807) is 0 Å². The topological polar surface area (TPSA) is 84.0 Å². The minimum Gasteiger partial charge on any atom is -0.393 e. The highest BCUT2D eigenvalue weighted by Gasteiger charge is 2.07. The van der Waals surface area contributed by atoms with E-state index < -0.39 is 0 Å². The van der Waals surface area contributed by atoms with Gasteiger partial charge in [-0.05, 0) is 6.42 Å². The first kappa shape index (κ1) is 10.8. The van der Waals surface area contributed by atoms with Crippen molar-refractivity contribution in [3.05, 3.63) is 4.64 Å². The number of nitrogens with zero attached hydrogens (tertiary/aromatic N) is 2. The van der Waals surface area contributed by atoms with Gasteiger partial charge in [-0.3, -0.25) is 0 Å². The first-order valence-corrected chi connectivity index (χ1v) is 4.83. The smallest absolute Gasteiger partial charge is 0.200 e. The number of nitrogens with two attached hydrogens (primary N) is 2. The fourth-order valence-corrected chi connectivity index (χ4v) is 1.43. The lowest BCUT2D eigenvalue weighted by atomic mass is 10.4. The molecule has 78 valence electrons. The lowest BCUT2D eigenvalue weighted by molar-refractivity contribution is 0.837. The highest BCUT2D eigenvalue weighted by Crippen LogP contribution is 2.20. The van der Waals surface area contributed by atoms with Crippen LogP contribution in [0.3, 0.4) is 0 Å². The van der Waals surface area contributed by atoms with E-state index in [0.717, 1.165) is 18.8 Å². The highest BCUT2D eigenvalue weighted by molar-refractivity contribution is 7.71. The van der Waals surface area contributed by atoms with Crippen LogP contribution < -0.4 is 16.4 Å². The number of nitrogens with one attached hydrogen (secondary N) is 1. The molecule has 0 fully saturated rings. The Balaban J connectivity index is 3.13. The summed E-state index contributed by atoms with van der Waals surface area (Å²) in [6, 6.07) is 0. The lowest BCUT2D eigenvalue weighted by Crippen LogP contribution is -2.21. The van der Waals surface area contributed by atoms with E-state index in [-0.39, 0.29) is 0 Å². The van der Waals surface area contributed by atoms with Crippen molar-refractivity contribution in [2.75, 3.05) is 30.0 Å². The van der Waals surface area contributed by atoms with Gasteiger partial charge in [0.2, 0.25) is 0 Å². The molecule has 0 saturated heterocycles. The van der Waals surface area contributed by atoms with Crippen molar-refractivity contribution in [3.63, 3.8) is 0 Å². The molecule has 0 aliphatic heterocycles. The number of anilines is 3. The van der Waals surface area contributed by atoms with Crippen LogP contribution in [0.25, 0.3) is 0 Å². The summed E-state index contributed by atoms with van der Waals surface area (Å²) in [5.41, 5.74) is 11.8. The number of nitrogen functional groups attached to an aromatic ring is 2. The summed E-state index contributed by atoms with van der Waals surface area (Å²) in [5, 5.41) is 0. The minimum atomic E-state index is 0.294. The SMILES string of the molecule is CCCN(C)c1[nH]c(N)nc(=S)c1N. The van der Waals surface area contributed by atoms with Crippen molar-refractivity contribution >= 4 is 29.7 Å². The summed E-state index contributed by atoms with van der Waals surface area (Å²) in [5.74, 6) is 1.03. The zero-order valence-corrected chi connectivity index (χ0v) is 9.19. The van der Waals surface area contributed by atoms with Crippen LogP contribution in [0.1, 0.15) is 13.3 Å². The molecular weight excluding hydrogens is 198 g/mol. The Labute approximate surface area is 88.1 Å². The molecule has 6 heteroatoms. The number of aromatic amines is 1. The van der Waals surface area contributed by atoms with Gasteiger partial charge in [-0.25, -0.2) is 4.98 Å². The van der Waals surface area contributed by atoms with E-state index in [0.29, 0.717) is 16.3 Å². The van der Waals surface area contributed by atoms with Crippen LogP contribution in [0.5, 0.6) is 0 Å². The van der Waals surface area contributed by atoms with Crippen LogP contribution in [-0.4, -0.2) is 23.6 Å². The highest BCUT2D eigenvalue weighted by atomic mass is 32.1. The maximum Gasteiger partial charge on any atom is 0.200 e. The van der Waals surface area contributed by atoms with Crippen molar-refractivity contribution in [1.29, 1.82) is 0 Å². The number of aromatic nitrogens is 2. The molecule has 0 unspecified atom stereocenters. The third-order valence-corrected chi connectivity index (χ3v) is 2.21. The number of H-pyrrole nitrogens is 1. The van der Waals surface area contributed by atoms with E-state index in [9.17, 15) is 0 Å². The van der Waals surface area contributed by atoms with Crippen molar-refractivity contribution < 1.29 is 0 Å². The van der Waals surface area contributed by atoms with Crippen LogP contribution in [-0.2, 0) is 0 Å². The van der Waals surface area contributed by atoms with Crippen LogP contribution in [0, 0.1) is 4.64 Å². The number of hydrogen-bond donors (Lipinski definition) is 3. The fraction of sp³-hybridized carbons (Fsp3) is 0.500. The first-order valence-electron chi connectivity index (χ1n) is 4.42. The number of hydrogen-bond acceptors (Lipinski definition) is 5. The zero-order chi connectivity index (χ0) is 10.7. The van der Waals surface area contributed by atoms with Crippen molar-refractivity contribution in [3.8, 4) is 0 Å². The van der Waals surface area contributed by atoms with Gasteiger partial charge in [0.15, 0.2) is 10.6 Å². The maximum absolute atomic E-state index is 5.79. The van der Waals surface area contributed by atoms with Crippen molar-refractivity contribution in [2.45, 2.75) is 13.3 Å². The second kappa shape index (κ2) is 4.28. The Morgan fingerprint density at radius 2 is 2.14 bits per heavy atom. The Hall–Kier alpha value is -1.30. The van der Waals surface area contributed by atoms with E-state index in [1.807, 2.05) is 11.9 Å². The van der Waals surface area contributed by atoms with Gasteiger partial charge in [-0.15, -0.1) is 0 Å². The summed E-state index contributed by atoms with van der Waals surface area (Å²) >= 11 is 4.97. The summed E-state index contributed by atoms with van der Waals surface area (Å²) in [7, 11) is 1.93. The number of rotatable bonds is 3. The Morgan fingerprint density at radius 3 is 2.71 bits per heavy atom. The molecule has 0 aliphatic carbocycles. The molecule has 1 aromatic rings.